The van der Waals surface area contributed by atoms with E-state index in [2.05, 4.69) is 30.2 Å². The third-order valence-corrected chi connectivity index (χ3v) is 6.42. The molecule has 1 atom stereocenters. The summed E-state index contributed by atoms with van der Waals surface area (Å²) in [6.07, 6.45) is -1.02. The number of amides is 1. The topological polar surface area (TPSA) is 115 Å². The Hall–Kier alpha value is -3.42. The predicted octanol–water partition coefficient (Wildman–Crippen LogP) is 2.27. The van der Waals surface area contributed by atoms with Crippen LogP contribution in [-0.4, -0.2) is 83.0 Å². The second-order valence-corrected chi connectivity index (χ2v) is 8.88. The summed E-state index contributed by atoms with van der Waals surface area (Å²) in [6.45, 7) is 2.63. The molecule has 2 fully saturated rings. The first-order valence-electron chi connectivity index (χ1n) is 11.7. The van der Waals surface area contributed by atoms with E-state index in [0.717, 1.165) is 42.7 Å². The van der Waals surface area contributed by atoms with Gasteiger partial charge in [0.2, 0.25) is 11.8 Å². The van der Waals surface area contributed by atoms with Gasteiger partial charge in [0.15, 0.2) is 0 Å². The lowest BCUT2D eigenvalue weighted by molar-refractivity contribution is -0.142. The van der Waals surface area contributed by atoms with E-state index >= 15 is 0 Å². The Labute approximate surface area is 205 Å². The highest BCUT2D eigenvalue weighted by Crippen LogP contribution is 2.36. The average Bonchev–Trinajstić information content (AvgIpc) is 2.84. The molecule has 5 heterocycles. The first kappa shape index (κ1) is 24.3. The first-order chi connectivity index (χ1) is 17.3. The number of carbonyl (C=O) groups excluding carboxylic acids is 1. The Kier molecular flexibility index (Phi) is 6.69. The number of nitrogens with one attached hydrogen (secondary N) is 1. The van der Waals surface area contributed by atoms with E-state index in [0.29, 0.717) is 26.1 Å². The number of hydrogen-bond donors (Lipinski definition) is 1. The number of methoxy groups -OCH3 is 1. The van der Waals surface area contributed by atoms with Gasteiger partial charge in [0.1, 0.15) is 23.8 Å². The van der Waals surface area contributed by atoms with Gasteiger partial charge in [-0.25, -0.2) is 19.7 Å². The molecule has 2 saturated heterocycles. The summed E-state index contributed by atoms with van der Waals surface area (Å²) in [4.78, 5) is 32.5. The third kappa shape index (κ3) is 5.08. The van der Waals surface area contributed by atoms with Crippen LogP contribution in [0.3, 0.4) is 0 Å². The van der Waals surface area contributed by atoms with Gasteiger partial charge in [0.25, 0.3) is 0 Å². The molecule has 1 N–H and O–H groups in total. The largest absolute Gasteiger partial charge is 0.469 e. The van der Waals surface area contributed by atoms with Crippen LogP contribution in [0.25, 0.3) is 0 Å². The Bertz CT molecular complexity index is 1120. The zero-order valence-electron chi connectivity index (χ0n) is 19.6. The van der Waals surface area contributed by atoms with Crippen molar-refractivity contribution in [1.29, 1.82) is 0 Å². The molecule has 0 unspecified atom stereocenters. The lowest BCUT2D eigenvalue weighted by Gasteiger charge is -2.36. The fourth-order valence-corrected chi connectivity index (χ4v) is 4.52. The van der Waals surface area contributed by atoms with Gasteiger partial charge < -0.3 is 29.3 Å². The molecule has 0 aromatic carbocycles. The van der Waals surface area contributed by atoms with Gasteiger partial charge in [-0.15, -0.1) is 0 Å². The van der Waals surface area contributed by atoms with Crippen LogP contribution in [0.15, 0.2) is 12.5 Å². The van der Waals surface area contributed by atoms with Gasteiger partial charge in [-0.3, -0.25) is 0 Å². The number of alkyl halides is 3. The Balaban J connectivity index is 1.30. The van der Waals surface area contributed by atoms with Crippen LogP contribution >= 0.6 is 0 Å². The molecule has 0 spiro atoms. The number of aromatic nitrogens is 4. The minimum atomic E-state index is -4.63. The fraction of sp³-hybridized carbons (Fsp3) is 0.591. The molecular formula is C22H26F3N7O4. The standard InChI is InChI=1S/C22H26F3N7O4/c1-34-21(33)32-6-4-15-17(9-32)27-12-28-18(15)31-5-2-3-13(8-31)29-20-26-7-16(22(23,24)25)19(30-20)36-14-10-35-11-14/h7,12-14H,2-6,8-11H2,1H3,(H,26,29,30)/t13-/m1/s1. The second kappa shape index (κ2) is 9.91. The van der Waals surface area contributed by atoms with Crippen molar-refractivity contribution in [1.82, 2.24) is 24.8 Å². The van der Waals surface area contributed by atoms with Crippen LogP contribution in [0.1, 0.15) is 29.7 Å². The number of fused-ring (bicyclic) bond motifs is 1. The van der Waals surface area contributed by atoms with Gasteiger partial charge in [0.05, 0.1) is 32.6 Å². The molecule has 14 heteroatoms. The highest BCUT2D eigenvalue weighted by molar-refractivity contribution is 5.68. The van der Waals surface area contributed by atoms with Crippen LogP contribution in [0, 0.1) is 0 Å². The molecule has 1 amide bonds. The molecule has 11 nitrogen and oxygen atoms in total. The molecule has 0 saturated carbocycles. The molecular weight excluding hydrogens is 483 g/mol. The maximum Gasteiger partial charge on any atom is 0.423 e. The van der Waals surface area contributed by atoms with Crippen molar-refractivity contribution in [2.75, 3.05) is 50.2 Å². The van der Waals surface area contributed by atoms with Crippen molar-refractivity contribution >= 4 is 17.9 Å². The highest BCUT2D eigenvalue weighted by Gasteiger charge is 2.38. The SMILES string of the molecule is COC(=O)N1CCc2c(ncnc2N2CCC[C@@H](Nc3ncc(C(F)(F)F)c(OC4COC4)n3)C2)C1. The summed E-state index contributed by atoms with van der Waals surface area (Å²) in [6, 6.07) is -0.115. The zero-order valence-corrected chi connectivity index (χ0v) is 19.6. The van der Waals surface area contributed by atoms with Gasteiger partial charge in [-0.2, -0.15) is 18.2 Å². The fourth-order valence-electron chi connectivity index (χ4n) is 4.52. The number of halogens is 3. The summed E-state index contributed by atoms with van der Waals surface area (Å²) in [5.41, 5.74) is 0.751. The van der Waals surface area contributed by atoms with Crippen LogP contribution < -0.4 is 15.0 Å². The van der Waals surface area contributed by atoms with E-state index in [1.807, 2.05) is 0 Å². The monoisotopic (exact) mass is 509 g/mol. The molecule has 3 aliphatic rings. The zero-order chi connectivity index (χ0) is 25.3. The Morgan fingerprint density at radius 1 is 1.22 bits per heavy atom. The summed E-state index contributed by atoms with van der Waals surface area (Å²) in [5, 5.41) is 3.16. The van der Waals surface area contributed by atoms with Gasteiger partial charge >= 0.3 is 12.3 Å². The second-order valence-electron chi connectivity index (χ2n) is 8.88. The van der Waals surface area contributed by atoms with Crippen LogP contribution in [0.5, 0.6) is 5.88 Å². The summed E-state index contributed by atoms with van der Waals surface area (Å²) in [7, 11) is 1.35. The van der Waals surface area contributed by atoms with Crippen molar-refractivity contribution in [3.63, 3.8) is 0 Å². The van der Waals surface area contributed by atoms with Crippen molar-refractivity contribution in [3.05, 3.63) is 29.3 Å². The van der Waals surface area contributed by atoms with Gasteiger partial charge in [-0.05, 0) is 19.3 Å². The Morgan fingerprint density at radius 3 is 2.78 bits per heavy atom. The van der Waals surface area contributed by atoms with E-state index in [1.165, 1.54) is 13.4 Å². The minimum absolute atomic E-state index is 0.0727. The van der Waals surface area contributed by atoms with E-state index in [1.54, 1.807) is 4.90 Å². The number of piperidine rings is 1. The van der Waals surface area contributed by atoms with Crippen molar-refractivity contribution < 1.29 is 32.2 Å². The first-order valence-corrected chi connectivity index (χ1v) is 11.7. The molecule has 5 rings (SSSR count). The molecule has 0 bridgehead atoms. The quantitative estimate of drug-likeness (QED) is 0.644. The third-order valence-electron chi connectivity index (χ3n) is 6.42. The lowest BCUT2D eigenvalue weighted by atomic mass is 10.0. The molecule has 0 radical (unpaired) electrons. The molecule has 0 aliphatic carbocycles. The number of anilines is 2. The molecule has 194 valence electrons. The van der Waals surface area contributed by atoms with Gasteiger partial charge in [0, 0.05) is 37.4 Å². The normalized spacial score (nSPS) is 20.4. The predicted molar refractivity (Wildman–Crippen MR) is 120 cm³/mol. The number of rotatable bonds is 5. The smallest absolute Gasteiger partial charge is 0.423 e. The maximum absolute atomic E-state index is 13.4. The van der Waals surface area contributed by atoms with Crippen molar-refractivity contribution in [2.45, 2.75) is 44.1 Å². The summed E-state index contributed by atoms with van der Waals surface area (Å²) < 4.78 is 55.5. The molecule has 3 aliphatic heterocycles. The number of ether oxygens (including phenoxy) is 3. The number of nitrogens with zero attached hydrogens (tertiary/aromatic N) is 6. The molecule has 36 heavy (non-hydrogen) atoms. The van der Waals surface area contributed by atoms with E-state index in [9.17, 15) is 18.0 Å². The summed E-state index contributed by atoms with van der Waals surface area (Å²) >= 11 is 0. The molecule has 2 aromatic heterocycles. The minimum Gasteiger partial charge on any atom is -0.469 e. The van der Waals surface area contributed by atoms with E-state index < -0.39 is 29.8 Å². The van der Waals surface area contributed by atoms with E-state index in [4.69, 9.17) is 14.2 Å². The highest BCUT2D eigenvalue weighted by atomic mass is 19.4. The van der Waals surface area contributed by atoms with Gasteiger partial charge in [-0.1, -0.05) is 0 Å². The van der Waals surface area contributed by atoms with Crippen LogP contribution in [-0.2, 0) is 28.6 Å². The van der Waals surface area contributed by atoms with Crippen molar-refractivity contribution in [3.8, 4) is 5.88 Å². The molecule has 2 aromatic rings. The number of hydrogen-bond acceptors (Lipinski definition) is 10. The Morgan fingerprint density at radius 2 is 2.06 bits per heavy atom. The van der Waals surface area contributed by atoms with Crippen LogP contribution in [0.2, 0.25) is 0 Å². The van der Waals surface area contributed by atoms with Crippen molar-refractivity contribution in [2.24, 2.45) is 0 Å². The van der Waals surface area contributed by atoms with E-state index in [-0.39, 0.29) is 25.2 Å². The lowest BCUT2D eigenvalue weighted by Crippen LogP contribution is -2.44. The average molecular weight is 509 g/mol. The summed E-state index contributed by atoms with van der Waals surface area (Å²) in [5.74, 6) is 0.378. The van der Waals surface area contributed by atoms with Crippen LogP contribution in [0.4, 0.5) is 29.7 Å². The maximum atomic E-state index is 13.4. The number of carbonyl (C=O) groups is 1.